The number of halogens is 9. The van der Waals surface area contributed by atoms with Gasteiger partial charge in [-0.1, -0.05) is 0 Å². The van der Waals surface area contributed by atoms with E-state index in [1.807, 2.05) is 5.32 Å². The van der Waals surface area contributed by atoms with Crippen molar-refractivity contribution in [3.05, 3.63) is 17.7 Å². The van der Waals surface area contributed by atoms with Crippen LogP contribution in [-0.4, -0.2) is 90.7 Å². The number of carbonyl (C=O) groups excluding carboxylic acids is 3. The topological polar surface area (TPSA) is 120 Å². The number of aromatic nitrogens is 1. The van der Waals surface area contributed by atoms with Crippen molar-refractivity contribution in [1.29, 1.82) is 0 Å². The molecule has 3 aliphatic rings. The Kier molecular flexibility index (Phi) is 8.92. The van der Waals surface area contributed by atoms with Crippen molar-refractivity contribution in [3.63, 3.8) is 0 Å². The minimum atomic E-state index is -6.00. The maximum atomic E-state index is 13.1. The minimum absolute atomic E-state index is 0.0857. The predicted molar refractivity (Wildman–Crippen MR) is 121 cm³/mol. The maximum Gasteiger partial charge on any atom is 0.491 e. The molecule has 1 aromatic heterocycles. The smallest absolute Gasteiger partial charge is 0.427 e. The van der Waals surface area contributed by atoms with Crippen LogP contribution in [0.15, 0.2) is 12.1 Å². The Morgan fingerprint density at radius 1 is 0.837 bits per heavy atom. The van der Waals surface area contributed by atoms with E-state index in [-0.39, 0.29) is 17.4 Å². The Labute approximate surface area is 236 Å². The molecule has 0 aromatic carbocycles. The van der Waals surface area contributed by atoms with Gasteiger partial charge in [-0.05, 0) is 50.9 Å². The Balaban J connectivity index is 1.70. The molecule has 1 N–H and O–H groups in total. The highest BCUT2D eigenvalue weighted by Crippen LogP contribution is 2.37. The molecule has 20 heteroatoms. The highest BCUT2D eigenvalue weighted by molar-refractivity contribution is 5.79. The Morgan fingerprint density at radius 3 is 1.88 bits per heavy atom. The van der Waals surface area contributed by atoms with Gasteiger partial charge in [-0.15, -0.1) is 0 Å². The molecule has 4 heterocycles. The number of hydrogen-bond donors (Lipinski definition) is 1. The number of nitrogens with one attached hydrogen (secondary N) is 1. The van der Waals surface area contributed by atoms with Crippen LogP contribution < -0.4 is 15.0 Å². The number of alkyl halides is 9. The van der Waals surface area contributed by atoms with E-state index in [9.17, 15) is 53.9 Å². The molecule has 2 saturated heterocycles. The van der Waals surface area contributed by atoms with Crippen molar-refractivity contribution < 1.29 is 72.8 Å². The van der Waals surface area contributed by atoms with Crippen LogP contribution in [-0.2, 0) is 35.1 Å². The van der Waals surface area contributed by atoms with E-state index in [4.69, 9.17) is 4.74 Å². The molecule has 1 unspecified atom stereocenters. The number of esters is 3. The number of likely N-dealkylation sites (tertiary alicyclic amines) is 1. The number of pyridine rings is 1. The predicted octanol–water partition coefficient (Wildman–Crippen LogP) is 2.92. The van der Waals surface area contributed by atoms with Gasteiger partial charge in [-0.3, -0.25) is 5.32 Å². The average molecular weight is 638 g/mol. The van der Waals surface area contributed by atoms with Crippen LogP contribution >= 0.6 is 0 Å². The molecule has 0 radical (unpaired) electrons. The van der Waals surface area contributed by atoms with E-state index in [2.05, 4.69) is 24.1 Å². The van der Waals surface area contributed by atoms with Crippen LogP contribution in [0.1, 0.15) is 31.2 Å². The molecule has 0 amide bonds. The van der Waals surface area contributed by atoms with Gasteiger partial charge in [0.1, 0.15) is 5.82 Å². The molecule has 0 bridgehead atoms. The zero-order valence-electron chi connectivity index (χ0n) is 21.8. The summed E-state index contributed by atoms with van der Waals surface area (Å²) < 4.78 is 135. The van der Waals surface area contributed by atoms with Crippen LogP contribution in [0, 0.1) is 0 Å². The van der Waals surface area contributed by atoms with Crippen molar-refractivity contribution in [1.82, 2.24) is 15.2 Å². The third kappa shape index (κ3) is 7.51. The molecule has 0 saturated carbocycles. The van der Waals surface area contributed by atoms with Gasteiger partial charge in [0.15, 0.2) is 0 Å². The first-order valence-corrected chi connectivity index (χ1v) is 12.7. The van der Waals surface area contributed by atoms with Crippen LogP contribution in [0.4, 0.5) is 45.3 Å². The number of rotatable bonds is 5. The number of fused-ring (bicyclic) bond motifs is 1. The fourth-order valence-electron chi connectivity index (χ4n) is 4.77. The van der Waals surface area contributed by atoms with Crippen molar-refractivity contribution in [2.75, 3.05) is 31.1 Å². The number of hydrogen-bond acceptors (Lipinski definition) is 11. The first-order valence-electron chi connectivity index (χ1n) is 12.7. The Bertz CT molecular complexity index is 1180. The Hall–Kier alpha value is -3.55. The number of piperidine rings is 1. The summed E-state index contributed by atoms with van der Waals surface area (Å²) in [6.07, 6.45) is -17.5. The second-order valence-electron chi connectivity index (χ2n) is 9.74. The summed E-state index contributed by atoms with van der Waals surface area (Å²) in [5, 5.41) is 1.87. The van der Waals surface area contributed by atoms with Crippen molar-refractivity contribution >= 4 is 23.7 Å². The van der Waals surface area contributed by atoms with Gasteiger partial charge < -0.3 is 28.7 Å². The number of carbonyl (C=O) groups is 3. The van der Waals surface area contributed by atoms with Gasteiger partial charge in [0.05, 0.1) is 0 Å². The fraction of sp³-hybridized carbons (Fsp3) is 0.652. The molecule has 0 aliphatic carbocycles. The van der Waals surface area contributed by atoms with Gasteiger partial charge in [0.2, 0.25) is 5.88 Å². The molecular formula is C23H23F9N4O7. The quantitative estimate of drug-likeness (QED) is 0.291. The van der Waals surface area contributed by atoms with Crippen LogP contribution in [0.25, 0.3) is 0 Å². The first-order chi connectivity index (χ1) is 19.9. The first kappa shape index (κ1) is 32.4. The normalized spacial score (nSPS) is 21.8. The van der Waals surface area contributed by atoms with E-state index >= 15 is 0 Å². The lowest BCUT2D eigenvalue weighted by atomic mass is 10.0. The average Bonchev–Trinajstić information content (AvgIpc) is 3.40. The third-order valence-electron chi connectivity index (χ3n) is 6.80. The van der Waals surface area contributed by atoms with Gasteiger partial charge in [0.25, 0.3) is 6.23 Å². The summed E-state index contributed by atoms with van der Waals surface area (Å²) in [5.74, 6) is -15.1. The van der Waals surface area contributed by atoms with E-state index in [1.165, 1.54) is 12.1 Å². The summed E-state index contributed by atoms with van der Waals surface area (Å²) >= 11 is 0. The second kappa shape index (κ2) is 11.9. The summed E-state index contributed by atoms with van der Waals surface area (Å²) in [6.45, 7) is 1.96. The lowest BCUT2D eigenvalue weighted by Gasteiger charge is -2.37. The lowest BCUT2D eigenvalue weighted by molar-refractivity contribution is -0.370. The van der Waals surface area contributed by atoms with Crippen LogP contribution in [0.2, 0.25) is 0 Å². The van der Waals surface area contributed by atoms with Crippen LogP contribution in [0.5, 0.6) is 5.88 Å². The summed E-state index contributed by atoms with van der Waals surface area (Å²) in [6, 6.07) is 2.89. The van der Waals surface area contributed by atoms with Crippen molar-refractivity contribution in [2.45, 2.75) is 69.0 Å². The number of ether oxygens (including phenoxy) is 4. The summed E-state index contributed by atoms with van der Waals surface area (Å²) in [5.41, 5.74) is -0.211. The van der Waals surface area contributed by atoms with Crippen molar-refractivity contribution in [3.8, 4) is 5.88 Å². The van der Waals surface area contributed by atoms with E-state index in [0.29, 0.717) is 25.9 Å². The monoisotopic (exact) mass is 638 g/mol. The fourth-order valence-corrected chi connectivity index (χ4v) is 4.77. The number of nitrogens with zero attached hydrogens (tertiary/aromatic N) is 3. The molecule has 43 heavy (non-hydrogen) atoms. The van der Waals surface area contributed by atoms with Gasteiger partial charge >= 0.3 is 42.4 Å². The molecule has 240 valence electrons. The minimum Gasteiger partial charge on any atom is -0.427 e. The molecule has 1 aromatic rings. The SMILES string of the molecule is O=C(OC1NCc2ccc(N3CCC(N4CCCC4)CC3)nc2OC1(OC(=O)C(F)(F)F)OC(=O)C(F)(F)F)C(F)(F)F. The molecule has 0 spiro atoms. The molecule has 1 atom stereocenters. The van der Waals surface area contributed by atoms with Gasteiger partial charge in [-0.2, -0.15) is 44.5 Å². The standard InChI is InChI=1S/C23H23F9N4O7/c24-20(25,26)17(37)40-16-23(42-18(38)21(27,28)29,43-19(39)22(30,31)32)41-15-12(11-33-16)3-4-14(34-15)36-9-5-13(6-10-36)35-7-1-2-8-35/h3-4,13,16,33H,1-2,5-11H2. The second-order valence-corrected chi connectivity index (χ2v) is 9.74. The van der Waals surface area contributed by atoms with E-state index in [1.54, 1.807) is 4.90 Å². The van der Waals surface area contributed by atoms with Gasteiger partial charge in [0, 0.05) is 31.2 Å². The highest BCUT2D eigenvalue weighted by atomic mass is 19.4. The van der Waals surface area contributed by atoms with Crippen LogP contribution in [0.3, 0.4) is 0 Å². The van der Waals surface area contributed by atoms with Gasteiger partial charge in [-0.25, -0.2) is 14.4 Å². The summed E-state index contributed by atoms with van der Waals surface area (Å²) in [7, 11) is 0. The van der Waals surface area contributed by atoms with E-state index < -0.39 is 61.1 Å². The zero-order chi connectivity index (χ0) is 31.8. The highest BCUT2D eigenvalue weighted by Gasteiger charge is 2.62. The molecule has 4 rings (SSSR count). The molecule has 3 aliphatic heterocycles. The number of anilines is 1. The molecule has 11 nitrogen and oxygen atoms in total. The largest absolute Gasteiger partial charge is 0.491 e. The zero-order valence-corrected chi connectivity index (χ0v) is 21.8. The Morgan fingerprint density at radius 2 is 1.37 bits per heavy atom. The summed E-state index contributed by atoms with van der Waals surface area (Å²) in [4.78, 5) is 43.2. The van der Waals surface area contributed by atoms with E-state index in [0.717, 1.165) is 25.9 Å². The maximum absolute atomic E-state index is 13.1. The molecular weight excluding hydrogens is 615 g/mol. The lowest BCUT2D eigenvalue weighted by Crippen LogP contribution is -2.63. The molecule has 2 fully saturated rings. The third-order valence-corrected chi connectivity index (χ3v) is 6.80. The van der Waals surface area contributed by atoms with Crippen molar-refractivity contribution in [2.24, 2.45) is 0 Å².